The molecule has 0 saturated carbocycles. The summed E-state index contributed by atoms with van der Waals surface area (Å²) >= 11 is 4.72. The molecule has 0 saturated heterocycles. The first-order valence-electron chi connectivity index (χ1n) is 15.7. The fourth-order valence-electron chi connectivity index (χ4n) is 3.62. The third kappa shape index (κ3) is 26.6. The van der Waals surface area contributed by atoms with E-state index in [0.29, 0.717) is 56.5 Å². The summed E-state index contributed by atoms with van der Waals surface area (Å²) in [7, 11) is 0. The van der Waals surface area contributed by atoms with Crippen molar-refractivity contribution in [3.05, 3.63) is 52.6 Å². The third-order valence-electron chi connectivity index (χ3n) is 5.82. The molecule has 266 valence electrons. The van der Waals surface area contributed by atoms with Crippen molar-refractivity contribution in [1.82, 2.24) is 31.2 Å². The molecule has 0 aliphatic rings. The van der Waals surface area contributed by atoms with E-state index in [-0.39, 0.29) is 18.4 Å². The van der Waals surface area contributed by atoms with Gasteiger partial charge in [-0.3, -0.25) is 24.2 Å². The number of nitrogens with two attached hydrogens (primary N) is 3. The molecule has 13 N–H and O–H groups in total. The largest absolute Gasteiger partial charge is 0.480 e. The highest BCUT2D eigenvalue weighted by molar-refractivity contribution is 7.71. The highest BCUT2D eigenvalue weighted by Crippen LogP contribution is 2.02. The molecule has 0 fully saturated rings. The Kier molecular flexibility index (Phi) is 27.8. The third-order valence-corrected chi connectivity index (χ3v) is 6.04. The number of carbonyl (C=O) groups excluding carboxylic acids is 3. The zero-order valence-electron chi connectivity index (χ0n) is 28.4. The lowest BCUT2D eigenvalue weighted by Gasteiger charge is -2.20. The molecule has 1 aromatic heterocycles. The number of rotatable bonds is 17. The summed E-state index contributed by atoms with van der Waals surface area (Å²) in [5, 5.41) is 19.0. The van der Waals surface area contributed by atoms with E-state index in [9.17, 15) is 19.2 Å². The molecule has 0 aliphatic heterocycles. The Labute approximate surface area is 283 Å². The number of aryl methyl sites for hydroxylation is 2. The molecular weight excluding hydrogens is 624 g/mol. The van der Waals surface area contributed by atoms with Crippen LogP contribution >= 0.6 is 12.2 Å². The Balaban J connectivity index is 0. The standard InChI is InChI=1S/C18H36N8O5.C7H8.C4H6N2S.C2H6/c1-2-22-12(7-5-9-23-18(20)21)16(30)24-10-14(27)26-13(6-3-4-8-19)17(31)25-11-15(28)29;1-7-5-3-2-4-6-7;1-3-2-5-4(7)6-3;1-2/h12-13,22H,2-11,19H2,1H3,(H,24,30)(H,25,31)(H,26,27)(H,28,29)(H4,20,21,23);2-6H,1H3;2H,1H3,(H2,5,6,7);1-2H3. The first-order valence-corrected chi connectivity index (χ1v) is 16.1. The molecule has 2 atom stereocenters. The van der Waals surface area contributed by atoms with Crippen molar-refractivity contribution in [2.24, 2.45) is 22.2 Å². The monoisotopic (exact) mass is 680 g/mol. The van der Waals surface area contributed by atoms with Crippen LogP contribution in [0, 0.1) is 18.6 Å². The van der Waals surface area contributed by atoms with Crippen LogP contribution in [0.2, 0.25) is 0 Å². The van der Waals surface area contributed by atoms with Gasteiger partial charge in [0.2, 0.25) is 17.7 Å². The summed E-state index contributed by atoms with van der Waals surface area (Å²) in [6, 6.07) is 8.82. The van der Waals surface area contributed by atoms with E-state index in [0.717, 1.165) is 5.69 Å². The van der Waals surface area contributed by atoms with E-state index in [1.54, 1.807) is 0 Å². The zero-order chi connectivity index (χ0) is 36.0. The number of carboxylic acids is 1. The van der Waals surface area contributed by atoms with Crippen molar-refractivity contribution in [3.63, 3.8) is 0 Å². The van der Waals surface area contributed by atoms with Gasteiger partial charge in [0, 0.05) is 18.4 Å². The van der Waals surface area contributed by atoms with Crippen LogP contribution in [0.1, 0.15) is 64.1 Å². The number of unbranched alkanes of at least 4 members (excludes halogenated alkanes) is 1. The minimum Gasteiger partial charge on any atom is -0.480 e. The summed E-state index contributed by atoms with van der Waals surface area (Å²) in [4.78, 5) is 57.0. The smallest absolute Gasteiger partial charge is 0.322 e. The molecule has 2 unspecified atom stereocenters. The molecule has 3 amide bonds. The van der Waals surface area contributed by atoms with Gasteiger partial charge in [0.1, 0.15) is 12.6 Å². The Bertz CT molecular complexity index is 1220. The van der Waals surface area contributed by atoms with Crippen LogP contribution in [0.5, 0.6) is 0 Å². The van der Waals surface area contributed by atoms with Crippen molar-refractivity contribution in [2.45, 2.75) is 78.8 Å². The first-order chi connectivity index (χ1) is 22.4. The van der Waals surface area contributed by atoms with E-state index < -0.39 is 36.4 Å². The van der Waals surface area contributed by atoms with E-state index in [1.807, 2.05) is 52.1 Å². The van der Waals surface area contributed by atoms with Gasteiger partial charge in [0.05, 0.1) is 12.6 Å². The molecule has 0 aliphatic carbocycles. The van der Waals surface area contributed by atoms with Gasteiger partial charge in [0.15, 0.2) is 10.7 Å². The number of aliphatic imine (C=N–C) groups is 1. The molecule has 0 bridgehead atoms. The Hall–Kier alpha value is -4.28. The number of nitrogens with zero attached hydrogens (tertiary/aromatic N) is 1. The quantitative estimate of drug-likeness (QED) is 0.0496. The number of guanidine groups is 1. The predicted octanol–water partition coefficient (Wildman–Crippen LogP) is 1.35. The van der Waals surface area contributed by atoms with Gasteiger partial charge in [-0.05, 0) is 71.3 Å². The van der Waals surface area contributed by atoms with Crippen LogP contribution in [0.25, 0.3) is 0 Å². The Morgan fingerprint density at radius 1 is 0.936 bits per heavy atom. The second-order valence-corrected chi connectivity index (χ2v) is 10.3. The number of H-pyrrole nitrogens is 2. The van der Waals surface area contributed by atoms with Gasteiger partial charge in [-0.25, -0.2) is 0 Å². The van der Waals surface area contributed by atoms with Crippen molar-refractivity contribution in [3.8, 4) is 0 Å². The molecule has 2 rings (SSSR count). The van der Waals surface area contributed by atoms with Crippen LogP contribution in [0.3, 0.4) is 0 Å². The Morgan fingerprint density at radius 2 is 1.53 bits per heavy atom. The van der Waals surface area contributed by atoms with Crippen LogP contribution in [-0.4, -0.2) is 89.5 Å². The minimum absolute atomic E-state index is 0.0190. The lowest BCUT2D eigenvalue weighted by molar-refractivity contribution is -0.138. The maximum atomic E-state index is 12.4. The topological polar surface area (TPSA) is 259 Å². The van der Waals surface area contributed by atoms with Gasteiger partial charge in [-0.15, -0.1) is 0 Å². The highest BCUT2D eigenvalue weighted by Gasteiger charge is 2.22. The van der Waals surface area contributed by atoms with Gasteiger partial charge < -0.3 is 53.5 Å². The Morgan fingerprint density at radius 3 is 1.98 bits per heavy atom. The minimum atomic E-state index is -1.19. The van der Waals surface area contributed by atoms with Crippen molar-refractivity contribution in [1.29, 1.82) is 0 Å². The fraction of sp³-hybridized carbons (Fsp3) is 0.548. The molecule has 1 heterocycles. The number of imidazole rings is 1. The van der Waals surface area contributed by atoms with Crippen LogP contribution in [0.15, 0.2) is 41.5 Å². The summed E-state index contributed by atoms with van der Waals surface area (Å²) in [6.07, 6.45) is 4.40. The summed E-state index contributed by atoms with van der Waals surface area (Å²) < 4.78 is 0.692. The number of nitrogens with one attached hydrogen (secondary N) is 6. The summed E-state index contributed by atoms with van der Waals surface area (Å²) in [6.45, 7) is 10.4. The number of aromatic amines is 2. The number of hydrogen-bond acceptors (Lipinski definition) is 8. The lowest BCUT2D eigenvalue weighted by atomic mass is 10.1. The predicted molar refractivity (Wildman–Crippen MR) is 189 cm³/mol. The molecule has 15 nitrogen and oxygen atoms in total. The van der Waals surface area contributed by atoms with Crippen molar-refractivity contribution >= 4 is 41.9 Å². The van der Waals surface area contributed by atoms with E-state index in [4.69, 9.17) is 34.5 Å². The average molecular weight is 681 g/mol. The van der Waals surface area contributed by atoms with E-state index >= 15 is 0 Å². The van der Waals surface area contributed by atoms with Gasteiger partial charge in [0.25, 0.3) is 0 Å². The molecule has 47 heavy (non-hydrogen) atoms. The summed E-state index contributed by atoms with van der Waals surface area (Å²) in [5.74, 6) is -2.75. The number of aromatic nitrogens is 2. The zero-order valence-corrected chi connectivity index (χ0v) is 29.2. The maximum absolute atomic E-state index is 12.4. The second-order valence-electron chi connectivity index (χ2n) is 9.87. The second kappa shape index (κ2) is 29.1. The lowest BCUT2D eigenvalue weighted by Crippen LogP contribution is -2.52. The number of carbonyl (C=O) groups is 4. The number of hydrogen-bond donors (Lipinski definition) is 10. The van der Waals surface area contributed by atoms with Crippen molar-refractivity contribution < 1.29 is 24.3 Å². The molecule has 16 heteroatoms. The molecule has 1 aromatic carbocycles. The van der Waals surface area contributed by atoms with Crippen LogP contribution in [-0.2, 0) is 19.2 Å². The fourth-order valence-corrected chi connectivity index (χ4v) is 3.84. The van der Waals surface area contributed by atoms with Crippen molar-refractivity contribution in [2.75, 3.05) is 32.7 Å². The molecule has 0 spiro atoms. The number of benzene rings is 1. The van der Waals surface area contributed by atoms with E-state index in [1.165, 1.54) is 5.56 Å². The van der Waals surface area contributed by atoms with Gasteiger partial charge in [-0.1, -0.05) is 56.7 Å². The number of aliphatic carboxylic acids is 1. The van der Waals surface area contributed by atoms with Gasteiger partial charge in [-0.2, -0.15) is 0 Å². The SMILES string of the molecule is CC.CCNC(CCCN=C(N)N)C(=O)NCC(=O)NC(CCCCN)C(=O)NCC(=O)O.Cc1c[nH]c(=S)[nH]1.Cc1ccccc1. The average Bonchev–Trinajstić information content (AvgIpc) is 3.43. The van der Waals surface area contributed by atoms with E-state index in [2.05, 4.69) is 55.3 Å². The molecule has 2 aromatic rings. The highest BCUT2D eigenvalue weighted by atomic mass is 32.1. The van der Waals surface area contributed by atoms with Crippen LogP contribution in [0.4, 0.5) is 0 Å². The maximum Gasteiger partial charge on any atom is 0.322 e. The summed E-state index contributed by atoms with van der Waals surface area (Å²) in [5.41, 5.74) is 18.4. The number of amides is 3. The number of likely N-dealkylation sites (N-methyl/N-ethyl adjacent to an activating group) is 1. The normalized spacial score (nSPS) is 10.9. The van der Waals surface area contributed by atoms with Crippen LogP contribution < -0.4 is 38.5 Å². The van der Waals surface area contributed by atoms with Gasteiger partial charge >= 0.3 is 5.97 Å². The first kappa shape index (κ1) is 44.8. The number of carboxylic acid groups (broad SMARTS) is 1. The molecular formula is C31H56N10O5S. The molecule has 0 radical (unpaired) electrons.